The van der Waals surface area contributed by atoms with Gasteiger partial charge in [0.2, 0.25) is 5.90 Å². The molecule has 0 N–H and O–H groups in total. The minimum Gasteiger partial charge on any atom is -0.471 e. The maximum absolute atomic E-state index is 13.3. The molecule has 1 aliphatic rings. The predicted octanol–water partition coefficient (Wildman–Crippen LogP) is 3.01. The van der Waals surface area contributed by atoms with Gasteiger partial charge in [-0.05, 0) is 24.6 Å². The zero-order valence-corrected chi connectivity index (χ0v) is 13.8. The molecular formula is C18H15FN2O5. The summed E-state index contributed by atoms with van der Waals surface area (Å²) in [6, 6.07) is 11.3. The number of nitrogens with zero attached hydrogens (tertiary/aromatic N) is 2. The Kier molecular flexibility index (Phi) is 4.92. The quantitative estimate of drug-likeness (QED) is 0.465. The molecule has 0 bridgehead atoms. The first-order valence-electron chi connectivity index (χ1n) is 7.85. The van der Waals surface area contributed by atoms with Crippen molar-refractivity contribution >= 4 is 17.6 Å². The van der Waals surface area contributed by atoms with Gasteiger partial charge in [-0.1, -0.05) is 30.3 Å². The highest BCUT2D eigenvalue weighted by Gasteiger charge is 2.37. The average molecular weight is 358 g/mol. The van der Waals surface area contributed by atoms with Gasteiger partial charge in [0.25, 0.3) is 5.69 Å². The summed E-state index contributed by atoms with van der Waals surface area (Å²) in [5.41, 5.74) is 0.363. The van der Waals surface area contributed by atoms with Crippen LogP contribution in [-0.4, -0.2) is 28.9 Å². The predicted molar refractivity (Wildman–Crippen MR) is 90.2 cm³/mol. The number of esters is 1. The number of aliphatic imine (C=N–C) groups is 1. The van der Waals surface area contributed by atoms with Crippen LogP contribution in [0.15, 0.2) is 53.5 Å². The Balaban J connectivity index is 1.78. The van der Waals surface area contributed by atoms with Gasteiger partial charge in [-0.25, -0.2) is 14.2 Å². The molecule has 3 rings (SSSR count). The minimum atomic E-state index is -0.946. The Hall–Kier alpha value is -3.29. The lowest BCUT2D eigenvalue weighted by Gasteiger charge is -2.12. The lowest BCUT2D eigenvalue weighted by atomic mass is 10.1. The van der Waals surface area contributed by atoms with Crippen molar-refractivity contribution in [3.8, 4) is 0 Å². The number of halogens is 1. The van der Waals surface area contributed by atoms with E-state index in [-0.39, 0.29) is 18.1 Å². The molecule has 0 fully saturated rings. The number of hydrogen-bond donors (Lipinski definition) is 0. The minimum absolute atomic E-state index is 0.0154. The fourth-order valence-corrected chi connectivity index (χ4v) is 2.53. The van der Waals surface area contributed by atoms with Crippen molar-refractivity contribution in [3.63, 3.8) is 0 Å². The third-order valence-corrected chi connectivity index (χ3v) is 3.85. The van der Waals surface area contributed by atoms with E-state index in [0.29, 0.717) is 0 Å². The van der Waals surface area contributed by atoms with Crippen LogP contribution in [0.25, 0.3) is 0 Å². The molecule has 0 radical (unpaired) electrons. The molecular weight excluding hydrogens is 343 g/mol. The molecule has 0 amide bonds. The Morgan fingerprint density at radius 1 is 1.31 bits per heavy atom. The number of carbonyl (C=O) groups is 1. The Bertz CT molecular complexity index is 869. The number of hydrogen-bond acceptors (Lipinski definition) is 6. The maximum atomic E-state index is 13.3. The highest BCUT2D eigenvalue weighted by Crippen LogP contribution is 2.26. The number of rotatable bonds is 5. The van der Waals surface area contributed by atoms with Crippen molar-refractivity contribution in [1.29, 1.82) is 0 Å². The fraction of sp³-hybridized carbons (Fsp3) is 0.222. The van der Waals surface area contributed by atoms with E-state index in [1.807, 2.05) is 30.3 Å². The number of nitro benzene ring substituents is 1. The lowest BCUT2D eigenvalue weighted by molar-refractivity contribution is -0.385. The summed E-state index contributed by atoms with van der Waals surface area (Å²) < 4.78 is 24.0. The largest absolute Gasteiger partial charge is 0.471 e. The van der Waals surface area contributed by atoms with Crippen molar-refractivity contribution in [3.05, 3.63) is 75.6 Å². The third kappa shape index (κ3) is 3.69. The van der Waals surface area contributed by atoms with Gasteiger partial charge < -0.3 is 9.47 Å². The van der Waals surface area contributed by atoms with Crippen molar-refractivity contribution in [2.45, 2.75) is 25.7 Å². The second-order valence-electron chi connectivity index (χ2n) is 5.71. The van der Waals surface area contributed by atoms with Gasteiger partial charge in [0.05, 0.1) is 11.0 Å². The van der Waals surface area contributed by atoms with Crippen LogP contribution < -0.4 is 0 Å². The van der Waals surface area contributed by atoms with Crippen LogP contribution in [-0.2, 0) is 20.9 Å². The van der Waals surface area contributed by atoms with Gasteiger partial charge in [-0.3, -0.25) is 10.1 Å². The molecule has 26 heavy (non-hydrogen) atoms. The number of ether oxygens (including phenoxy) is 2. The Labute approximate surface area is 148 Å². The van der Waals surface area contributed by atoms with Crippen molar-refractivity contribution in [2.24, 2.45) is 4.99 Å². The highest BCUT2D eigenvalue weighted by molar-refractivity contribution is 6.01. The fourth-order valence-electron chi connectivity index (χ4n) is 2.53. The van der Waals surface area contributed by atoms with E-state index in [9.17, 15) is 19.3 Å². The summed E-state index contributed by atoms with van der Waals surface area (Å²) in [4.78, 5) is 26.8. The molecule has 2 atom stereocenters. The molecule has 2 aromatic rings. The second-order valence-corrected chi connectivity index (χ2v) is 5.71. The monoisotopic (exact) mass is 358 g/mol. The van der Waals surface area contributed by atoms with Crippen LogP contribution >= 0.6 is 0 Å². The Morgan fingerprint density at radius 2 is 2.04 bits per heavy atom. The van der Waals surface area contributed by atoms with E-state index in [1.165, 1.54) is 6.07 Å². The van der Waals surface area contributed by atoms with Gasteiger partial charge in [0, 0.05) is 0 Å². The molecule has 0 saturated heterocycles. The maximum Gasteiger partial charge on any atom is 0.335 e. The van der Waals surface area contributed by atoms with Gasteiger partial charge in [0.15, 0.2) is 6.04 Å². The zero-order chi connectivity index (χ0) is 18.7. The van der Waals surface area contributed by atoms with Crippen molar-refractivity contribution in [2.75, 3.05) is 0 Å². The number of carbonyl (C=O) groups excluding carboxylic acids is 1. The van der Waals surface area contributed by atoms with Crippen LogP contribution in [0.3, 0.4) is 0 Å². The van der Waals surface area contributed by atoms with Crippen LogP contribution in [0, 0.1) is 15.9 Å². The first-order valence-corrected chi connectivity index (χ1v) is 7.85. The van der Waals surface area contributed by atoms with Crippen molar-refractivity contribution in [1.82, 2.24) is 0 Å². The normalized spacial score (nSPS) is 18.8. The van der Waals surface area contributed by atoms with E-state index >= 15 is 0 Å². The molecule has 8 heteroatoms. The first-order chi connectivity index (χ1) is 12.5. The van der Waals surface area contributed by atoms with Crippen LogP contribution in [0.1, 0.15) is 18.1 Å². The van der Waals surface area contributed by atoms with Crippen molar-refractivity contribution < 1.29 is 23.6 Å². The summed E-state index contributed by atoms with van der Waals surface area (Å²) in [6.07, 6.45) is -0.655. The summed E-state index contributed by atoms with van der Waals surface area (Å²) >= 11 is 0. The smallest absolute Gasteiger partial charge is 0.335 e. The van der Waals surface area contributed by atoms with Crippen LogP contribution in [0.2, 0.25) is 0 Å². The summed E-state index contributed by atoms with van der Waals surface area (Å²) in [6.45, 7) is 1.70. The van der Waals surface area contributed by atoms with Gasteiger partial charge >= 0.3 is 5.97 Å². The summed E-state index contributed by atoms with van der Waals surface area (Å²) in [5, 5.41) is 11.1. The van der Waals surface area contributed by atoms with Gasteiger partial charge in [-0.2, -0.15) is 0 Å². The SMILES string of the molecule is C[C@H]1OC(c2ccc(F)cc2[N+](=O)[O-])=N[C@@H]1C(=O)OCc1ccccc1. The second kappa shape index (κ2) is 7.30. The molecule has 1 aliphatic heterocycles. The standard InChI is InChI=1S/C18H15FN2O5/c1-11-16(18(22)25-10-12-5-3-2-4-6-12)20-17(26-11)14-8-7-13(19)9-15(14)21(23)24/h2-9,11,16H,10H2,1H3/t11-,16+/m1/s1. The molecule has 1 heterocycles. The zero-order valence-electron chi connectivity index (χ0n) is 13.8. The molecule has 134 valence electrons. The van der Waals surface area contributed by atoms with E-state index in [1.54, 1.807) is 6.92 Å². The molecule has 2 aromatic carbocycles. The third-order valence-electron chi connectivity index (χ3n) is 3.85. The summed E-state index contributed by atoms with van der Waals surface area (Å²) in [7, 11) is 0. The van der Waals surface area contributed by atoms with E-state index in [4.69, 9.17) is 9.47 Å². The molecule has 0 unspecified atom stereocenters. The number of benzene rings is 2. The van der Waals surface area contributed by atoms with Crippen LogP contribution in [0.4, 0.5) is 10.1 Å². The highest BCUT2D eigenvalue weighted by atomic mass is 19.1. The van der Waals surface area contributed by atoms with E-state index < -0.39 is 34.5 Å². The topological polar surface area (TPSA) is 91.0 Å². The Morgan fingerprint density at radius 3 is 2.73 bits per heavy atom. The lowest BCUT2D eigenvalue weighted by Crippen LogP contribution is -2.29. The molecule has 0 aromatic heterocycles. The molecule has 0 spiro atoms. The average Bonchev–Trinajstić information content (AvgIpc) is 3.02. The van der Waals surface area contributed by atoms with Gasteiger partial charge in [-0.15, -0.1) is 0 Å². The molecule has 0 aliphatic carbocycles. The first kappa shape index (κ1) is 17.5. The van der Waals surface area contributed by atoms with E-state index in [2.05, 4.69) is 4.99 Å². The molecule has 0 saturated carbocycles. The number of nitro groups is 1. The van der Waals surface area contributed by atoms with Gasteiger partial charge in [0.1, 0.15) is 24.1 Å². The van der Waals surface area contributed by atoms with E-state index in [0.717, 1.165) is 17.7 Å². The summed E-state index contributed by atoms with van der Waals surface area (Å²) in [5.74, 6) is -1.42. The van der Waals surface area contributed by atoms with Crippen LogP contribution in [0.5, 0.6) is 0 Å². The molecule has 7 nitrogen and oxygen atoms in total.